The monoisotopic (exact) mass is 345 g/mol. The third-order valence-corrected chi connectivity index (χ3v) is 5.39. The molecule has 24 heavy (non-hydrogen) atoms. The molecule has 1 N–H and O–H groups in total. The molecule has 0 unspecified atom stereocenters. The third-order valence-electron chi connectivity index (χ3n) is 4.01. The van der Waals surface area contributed by atoms with Gasteiger partial charge in [0.2, 0.25) is 0 Å². The van der Waals surface area contributed by atoms with E-state index in [2.05, 4.69) is 4.72 Å². The summed E-state index contributed by atoms with van der Waals surface area (Å²) in [5, 5.41) is 0. The van der Waals surface area contributed by atoms with E-state index >= 15 is 0 Å². The van der Waals surface area contributed by atoms with Crippen LogP contribution in [0, 0.1) is 0 Å². The fourth-order valence-corrected chi connectivity index (χ4v) is 3.95. The van der Waals surface area contributed by atoms with Crippen LogP contribution in [-0.2, 0) is 27.6 Å². The first-order valence-electron chi connectivity index (χ1n) is 7.91. The van der Waals surface area contributed by atoms with Gasteiger partial charge in [-0.15, -0.1) is 0 Å². The molecule has 0 saturated heterocycles. The second kappa shape index (κ2) is 6.65. The lowest BCUT2D eigenvalue weighted by molar-refractivity contribution is 0.0526. The number of ether oxygens (including phenoxy) is 1. The molecule has 0 radical (unpaired) electrons. The number of anilines is 1. The Labute approximate surface area is 141 Å². The minimum absolute atomic E-state index is 0.240. The number of rotatable bonds is 5. The average Bonchev–Trinajstić information content (AvgIpc) is 3.02. The molecule has 0 atom stereocenters. The standard InChI is InChI=1S/C18H19NO4S/c1-2-23-18(20)15-7-4-8-16(11-15)19-24(21,22)17-10-9-13-5-3-6-14(13)12-17/h4,7-12,19H,2-3,5-6H2,1H3. The SMILES string of the molecule is CCOC(=O)c1cccc(NS(=O)(=O)c2ccc3c(c2)CCC3)c1. The van der Waals surface area contributed by atoms with E-state index in [1.165, 1.54) is 11.6 Å². The normalized spacial score (nSPS) is 13.4. The maximum atomic E-state index is 12.6. The van der Waals surface area contributed by atoms with E-state index in [4.69, 9.17) is 4.74 Å². The van der Waals surface area contributed by atoms with Crippen LogP contribution in [0.25, 0.3) is 0 Å². The fourth-order valence-electron chi connectivity index (χ4n) is 2.85. The molecular weight excluding hydrogens is 326 g/mol. The second-order valence-electron chi connectivity index (χ2n) is 5.69. The molecule has 3 rings (SSSR count). The fraction of sp³-hybridized carbons (Fsp3) is 0.278. The highest BCUT2D eigenvalue weighted by atomic mass is 32.2. The maximum absolute atomic E-state index is 12.6. The molecular formula is C18H19NO4S. The summed E-state index contributed by atoms with van der Waals surface area (Å²) >= 11 is 0. The Balaban J connectivity index is 1.84. The van der Waals surface area contributed by atoms with Crippen molar-refractivity contribution in [2.75, 3.05) is 11.3 Å². The molecule has 0 fully saturated rings. The lowest BCUT2D eigenvalue weighted by atomic mass is 10.1. The molecule has 6 heteroatoms. The van der Waals surface area contributed by atoms with Gasteiger partial charge in [0, 0.05) is 5.69 Å². The van der Waals surface area contributed by atoms with Crippen molar-refractivity contribution in [3.63, 3.8) is 0 Å². The zero-order chi connectivity index (χ0) is 17.2. The van der Waals surface area contributed by atoms with Crippen LogP contribution >= 0.6 is 0 Å². The summed E-state index contributed by atoms with van der Waals surface area (Å²) < 4.78 is 32.6. The molecule has 0 saturated carbocycles. The highest BCUT2D eigenvalue weighted by Gasteiger charge is 2.19. The number of hydrogen-bond acceptors (Lipinski definition) is 4. The molecule has 2 aromatic rings. The van der Waals surface area contributed by atoms with Gasteiger partial charge in [-0.05, 0) is 67.6 Å². The highest BCUT2D eigenvalue weighted by molar-refractivity contribution is 7.92. The summed E-state index contributed by atoms with van der Waals surface area (Å²) in [6, 6.07) is 11.5. The zero-order valence-corrected chi connectivity index (χ0v) is 14.2. The average molecular weight is 345 g/mol. The summed E-state index contributed by atoms with van der Waals surface area (Å²) in [6.07, 6.45) is 2.98. The smallest absolute Gasteiger partial charge is 0.338 e. The van der Waals surface area contributed by atoms with Crippen molar-refractivity contribution >= 4 is 21.7 Å². The van der Waals surface area contributed by atoms with Crippen LogP contribution in [0.2, 0.25) is 0 Å². The number of aryl methyl sites for hydroxylation is 2. The Bertz CT molecular complexity index is 874. The van der Waals surface area contributed by atoms with Crippen LogP contribution < -0.4 is 4.72 Å². The molecule has 1 aliphatic rings. The number of sulfonamides is 1. The van der Waals surface area contributed by atoms with E-state index in [9.17, 15) is 13.2 Å². The van der Waals surface area contributed by atoms with Crippen molar-refractivity contribution in [3.05, 3.63) is 59.2 Å². The van der Waals surface area contributed by atoms with Gasteiger partial charge in [0.05, 0.1) is 17.1 Å². The van der Waals surface area contributed by atoms with Crippen LogP contribution in [-0.4, -0.2) is 21.0 Å². The number of benzene rings is 2. The molecule has 126 valence electrons. The van der Waals surface area contributed by atoms with Gasteiger partial charge < -0.3 is 4.74 Å². The predicted molar refractivity (Wildman–Crippen MR) is 91.7 cm³/mol. The molecule has 0 amide bonds. The Morgan fingerprint density at radius 2 is 1.92 bits per heavy atom. The van der Waals surface area contributed by atoms with Crippen LogP contribution in [0.3, 0.4) is 0 Å². The van der Waals surface area contributed by atoms with Crippen molar-refractivity contribution in [1.82, 2.24) is 0 Å². The summed E-state index contributed by atoms with van der Waals surface area (Å²) in [5.41, 5.74) is 2.96. The van der Waals surface area contributed by atoms with Gasteiger partial charge >= 0.3 is 5.97 Å². The predicted octanol–water partition coefficient (Wildman–Crippen LogP) is 3.15. The van der Waals surface area contributed by atoms with Crippen molar-refractivity contribution in [1.29, 1.82) is 0 Å². The number of esters is 1. The molecule has 0 heterocycles. The minimum atomic E-state index is -3.69. The summed E-state index contributed by atoms with van der Waals surface area (Å²) in [5.74, 6) is -0.476. The van der Waals surface area contributed by atoms with Gasteiger partial charge in [0.15, 0.2) is 0 Å². The lowest BCUT2D eigenvalue weighted by Crippen LogP contribution is -2.14. The first-order chi connectivity index (χ1) is 11.5. The summed E-state index contributed by atoms with van der Waals surface area (Å²) in [6.45, 7) is 1.99. The van der Waals surface area contributed by atoms with Crippen molar-refractivity contribution < 1.29 is 17.9 Å². The van der Waals surface area contributed by atoms with Gasteiger partial charge in [-0.3, -0.25) is 4.72 Å². The largest absolute Gasteiger partial charge is 0.462 e. The van der Waals surface area contributed by atoms with E-state index in [1.54, 1.807) is 37.3 Å². The third kappa shape index (κ3) is 3.43. The quantitative estimate of drug-likeness (QED) is 0.845. The lowest BCUT2D eigenvalue weighted by Gasteiger charge is -2.10. The molecule has 0 aliphatic heterocycles. The van der Waals surface area contributed by atoms with Gasteiger partial charge in [-0.2, -0.15) is 0 Å². The maximum Gasteiger partial charge on any atom is 0.338 e. The van der Waals surface area contributed by atoms with Gasteiger partial charge in [0.25, 0.3) is 10.0 Å². The number of nitrogens with one attached hydrogen (secondary N) is 1. The van der Waals surface area contributed by atoms with E-state index in [0.717, 1.165) is 24.8 Å². The Morgan fingerprint density at radius 3 is 2.71 bits per heavy atom. The first kappa shape index (κ1) is 16.5. The van der Waals surface area contributed by atoms with Crippen molar-refractivity contribution in [2.24, 2.45) is 0 Å². The topological polar surface area (TPSA) is 72.5 Å². The van der Waals surface area contributed by atoms with E-state index in [1.807, 2.05) is 6.07 Å². The number of carbonyl (C=O) groups excluding carboxylic acids is 1. The van der Waals surface area contributed by atoms with Crippen molar-refractivity contribution in [3.8, 4) is 0 Å². The van der Waals surface area contributed by atoms with Crippen LogP contribution in [0.1, 0.15) is 34.8 Å². The Morgan fingerprint density at radius 1 is 1.12 bits per heavy atom. The zero-order valence-electron chi connectivity index (χ0n) is 13.4. The molecule has 0 spiro atoms. The Hall–Kier alpha value is -2.34. The second-order valence-corrected chi connectivity index (χ2v) is 7.37. The van der Waals surface area contributed by atoms with Crippen molar-refractivity contribution in [2.45, 2.75) is 31.1 Å². The van der Waals surface area contributed by atoms with Crippen LogP contribution in [0.5, 0.6) is 0 Å². The summed E-state index contributed by atoms with van der Waals surface area (Å²) in [4.78, 5) is 12.0. The van der Waals surface area contributed by atoms with Crippen LogP contribution in [0.4, 0.5) is 5.69 Å². The number of fused-ring (bicyclic) bond motifs is 1. The first-order valence-corrected chi connectivity index (χ1v) is 9.40. The molecule has 0 aromatic heterocycles. The molecule has 2 aromatic carbocycles. The van der Waals surface area contributed by atoms with E-state index in [-0.39, 0.29) is 11.5 Å². The number of hydrogen-bond donors (Lipinski definition) is 1. The van der Waals surface area contributed by atoms with Gasteiger partial charge in [-0.25, -0.2) is 13.2 Å². The van der Waals surface area contributed by atoms with Crippen LogP contribution in [0.15, 0.2) is 47.4 Å². The molecule has 0 bridgehead atoms. The minimum Gasteiger partial charge on any atom is -0.462 e. The molecule has 5 nitrogen and oxygen atoms in total. The van der Waals surface area contributed by atoms with Gasteiger partial charge in [-0.1, -0.05) is 12.1 Å². The Kier molecular flexibility index (Phi) is 4.57. The van der Waals surface area contributed by atoms with E-state index < -0.39 is 16.0 Å². The highest BCUT2D eigenvalue weighted by Crippen LogP contribution is 2.26. The molecule has 1 aliphatic carbocycles. The number of carbonyl (C=O) groups is 1. The van der Waals surface area contributed by atoms with E-state index in [0.29, 0.717) is 11.3 Å². The van der Waals surface area contributed by atoms with Gasteiger partial charge in [0.1, 0.15) is 0 Å². The summed E-state index contributed by atoms with van der Waals surface area (Å²) in [7, 11) is -3.69.